The number of benzene rings is 1. The van der Waals surface area contributed by atoms with Crippen molar-refractivity contribution in [3.05, 3.63) is 30.0 Å². The monoisotopic (exact) mass is 257 g/mol. The fourth-order valence-electron chi connectivity index (χ4n) is 2.48. The Hall–Kier alpha value is -1.68. The quantitative estimate of drug-likeness (QED) is 0.914. The molecule has 3 rings (SSSR count). The summed E-state index contributed by atoms with van der Waals surface area (Å²) in [5.74, 6) is 0.886. The number of ether oxygens (including phenoxy) is 1. The predicted molar refractivity (Wildman–Crippen MR) is 76.4 cm³/mol. The Bertz CT molecular complexity index is 564. The van der Waals surface area contributed by atoms with E-state index in [0.29, 0.717) is 6.10 Å². The van der Waals surface area contributed by atoms with Crippen LogP contribution in [0, 0.1) is 6.92 Å². The van der Waals surface area contributed by atoms with E-state index in [2.05, 4.69) is 15.3 Å². The molecule has 1 atom stereocenters. The van der Waals surface area contributed by atoms with E-state index in [0.717, 1.165) is 42.1 Å². The molecule has 1 fully saturated rings. The number of fused-ring (bicyclic) bond motifs is 1. The highest BCUT2D eigenvalue weighted by atomic mass is 16.5. The van der Waals surface area contributed by atoms with Gasteiger partial charge >= 0.3 is 0 Å². The number of hydrogen-bond acceptors (Lipinski definition) is 4. The minimum Gasteiger partial charge on any atom is -0.378 e. The minimum atomic E-state index is 0.418. The maximum atomic E-state index is 5.62. The molecule has 1 aliphatic rings. The van der Waals surface area contributed by atoms with E-state index in [1.54, 1.807) is 0 Å². The fourth-order valence-corrected chi connectivity index (χ4v) is 2.48. The van der Waals surface area contributed by atoms with Gasteiger partial charge in [-0.3, -0.25) is 0 Å². The Morgan fingerprint density at radius 3 is 2.79 bits per heavy atom. The molecule has 0 aliphatic carbocycles. The molecule has 2 heterocycles. The number of hydrogen-bond donors (Lipinski definition) is 1. The zero-order chi connectivity index (χ0) is 13.1. The molecule has 0 unspecified atom stereocenters. The summed E-state index contributed by atoms with van der Waals surface area (Å²) in [5, 5.41) is 3.38. The van der Waals surface area contributed by atoms with Gasteiger partial charge in [-0.25, -0.2) is 9.97 Å². The van der Waals surface area contributed by atoms with Crippen molar-refractivity contribution in [2.45, 2.75) is 32.3 Å². The summed E-state index contributed by atoms with van der Waals surface area (Å²) >= 11 is 0. The molecule has 1 aliphatic heterocycles. The topological polar surface area (TPSA) is 47.0 Å². The van der Waals surface area contributed by atoms with Crippen molar-refractivity contribution >= 4 is 16.9 Å². The van der Waals surface area contributed by atoms with Crippen molar-refractivity contribution in [3.8, 4) is 0 Å². The summed E-state index contributed by atoms with van der Waals surface area (Å²) in [6.45, 7) is 3.80. The number of para-hydroxylation sites is 2. The molecule has 1 N–H and O–H groups in total. The Balaban J connectivity index is 1.67. The molecule has 1 aromatic carbocycles. The van der Waals surface area contributed by atoms with Gasteiger partial charge in [0.05, 0.1) is 22.8 Å². The van der Waals surface area contributed by atoms with Crippen LogP contribution in [-0.2, 0) is 4.74 Å². The lowest BCUT2D eigenvalue weighted by molar-refractivity contribution is 0.107. The van der Waals surface area contributed by atoms with Gasteiger partial charge in [0.15, 0.2) is 0 Å². The molecular formula is C15H19N3O. The number of aromatic nitrogens is 2. The number of nitrogens with one attached hydrogen (secondary N) is 1. The number of nitrogens with zero attached hydrogens (tertiary/aromatic N) is 2. The van der Waals surface area contributed by atoms with Crippen LogP contribution in [0.1, 0.15) is 25.0 Å². The van der Waals surface area contributed by atoms with Gasteiger partial charge in [-0.2, -0.15) is 0 Å². The van der Waals surface area contributed by atoms with E-state index in [-0.39, 0.29) is 0 Å². The van der Waals surface area contributed by atoms with Crippen molar-refractivity contribution in [2.75, 3.05) is 18.5 Å². The summed E-state index contributed by atoms with van der Waals surface area (Å²) in [6, 6.07) is 7.96. The summed E-state index contributed by atoms with van der Waals surface area (Å²) in [5.41, 5.74) is 2.84. The standard InChI is InChI=1S/C15H19N3O/c1-11-15(16-9-8-12-5-4-10-19-12)18-14-7-3-2-6-13(14)17-11/h2-3,6-7,12H,4-5,8-10H2,1H3,(H,16,18)/t12-/m1/s1. The molecule has 2 aromatic rings. The van der Waals surface area contributed by atoms with E-state index >= 15 is 0 Å². The van der Waals surface area contributed by atoms with E-state index in [1.807, 2.05) is 31.2 Å². The van der Waals surface area contributed by atoms with Crippen LogP contribution in [0.2, 0.25) is 0 Å². The van der Waals surface area contributed by atoms with E-state index in [4.69, 9.17) is 4.74 Å². The van der Waals surface area contributed by atoms with E-state index in [9.17, 15) is 0 Å². The van der Waals surface area contributed by atoms with Gasteiger partial charge in [-0.15, -0.1) is 0 Å². The second kappa shape index (κ2) is 5.53. The minimum absolute atomic E-state index is 0.418. The molecular weight excluding hydrogens is 238 g/mol. The highest BCUT2D eigenvalue weighted by Gasteiger charge is 2.15. The largest absolute Gasteiger partial charge is 0.378 e. The van der Waals surface area contributed by atoms with Crippen molar-refractivity contribution in [1.29, 1.82) is 0 Å². The molecule has 0 radical (unpaired) electrons. The van der Waals surface area contributed by atoms with Crippen LogP contribution in [0.4, 0.5) is 5.82 Å². The zero-order valence-corrected chi connectivity index (χ0v) is 11.2. The van der Waals surface area contributed by atoms with Crippen LogP contribution in [0.25, 0.3) is 11.0 Å². The van der Waals surface area contributed by atoms with Crippen molar-refractivity contribution in [2.24, 2.45) is 0 Å². The third-order valence-electron chi connectivity index (χ3n) is 3.53. The predicted octanol–water partition coefficient (Wildman–Crippen LogP) is 2.92. The molecule has 4 nitrogen and oxygen atoms in total. The van der Waals surface area contributed by atoms with Gasteiger partial charge in [0, 0.05) is 13.2 Å². The van der Waals surface area contributed by atoms with Crippen LogP contribution < -0.4 is 5.32 Å². The van der Waals surface area contributed by atoms with Crippen LogP contribution >= 0.6 is 0 Å². The molecule has 0 spiro atoms. The maximum absolute atomic E-state index is 5.62. The fraction of sp³-hybridized carbons (Fsp3) is 0.467. The molecule has 0 saturated carbocycles. The molecule has 1 aromatic heterocycles. The SMILES string of the molecule is Cc1nc2ccccc2nc1NCC[C@H]1CCCO1. The number of rotatable bonds is 4. The maximum Gasteiger partial charge on any atom is 0.148 e. The third kappa shape index (κ3) is 2.84. The van der Waals surface area contributed by atoms with Gasteiger partial charge in [0.1, 0.15) is 5.82 Å². The highest BCUT2D eigenvalue weighted by molar-refractivity contribution is 5.76. The molecule has 1 saturated heterocycles. The summed E-state index contributed by atoms with van der Waals surface area (Å²) in [6.07, 6.45) is 3.83. The smallest absolute Gasteiger partial charge is 0.148 e. The first kappa shape index (κ1) is 12.4. The first-order valence-electron chi connectivity index (χ1n) is 6.92. The lowest BCUT2D eigenvalue weighted by atomic mass is 10.2. The number of aryl methyl sites for hydroxylation is 1. The van der Waals surface area contributed by atoms with Gasteiger partial charge in [0.25, 0.3) is 0 Å². The Morgan fingerprint density at radius 1 is 1.26 bits per heavy atom. The van der Waals surface area contributed by atoms with Crippen LogP contribution in [-0.4, -0.2) is 29.2 Å². The van der Waals surface area contributed by atoms with Crippen LogP contribution in [0.15, 0.2) is 24.3 Å². The molecule has 0 bridgehead atoms. The molecule has 19 heavy (non-hydrogen) atoms. The summed E-state index contributed by atoms with van der Waals surface area (Å²) in [4.78, 5) is 9.19. The molecule has 0 amide bonds. The summed E-state index contributed by atoms with van der Waals surface area (Å²) in [7, 11) is 0. The average molecular weight is 257 g/mol. The Labute approximate surface area is 113 Å². The lowest BCUT2D eigenvalue weighted by Crippen LogP contribution is -2.14. The van der Waals surface area contributed by atoms with Crippen LogP contribution in [0.3, 0.4) is 0 Å². The van der Waals surface area contributed by atoms with Crippen molar-refractivity contribution in [3.63, 3.8) is 0 Å². The van der Waals surface area contributed by atoms with Crippen molar-refractivity contribution < 1.29 is 4.74 Å². The van der Waals surface area contributed by atoms with Gasteiger partial charge < -0.3 is 10.1 Å². The Morgan fingerprint density at radius 2 is 2.05 bits per heavy atom. The molecule has 100 valence electrons. The van der Waals surface area contributed by atoms with E-state index < -0.39 is 0 Å². The van der Waals surface area contributed by atoms with Gasteiger partial charge in [-0.05, 0) is 38.3 Å². The first-order valence-corrected chi connectivity index (χ1v) is 6.92. The van der Waals surface area contributed by atoms with Crippen LogP contribution in [0.5, 0.6) is 0 Å². The van der Waals surface area contributed by atoms with Gasteiger partial charge in [-0.1, -0.05) is 12.1 Å². The normalized spacial score (nSPS) is 18.9. The van der Waals surface area contributed by atoms with E-state index in [1.165, 1.54) is 12.8 Å². The van der Waals surface area contributed by atoms with Gasteiger partial charge in [0.2, 0.25) is 0 Å². The zero-order valence-electron chi connectivity index (χ0n) is 11.2. The first-order chi connectivity index (χ1) is 9.33. The average Bonchev–Trinajstić information content (AvgIpc) is 2.92. The second-order valence-electron chi connectivity index (χ2n) is 5.00. The lowest BCUT2D eigenvalue weighted by Gasteiger charge is -2.12. The highest BCUT2D eigenvalue weighted by Crippen LogP contribution is 2.18. The Kier molecular flexibility index (Phi) is 3.60. The van der Waals surface area contributed by atoms with Crippen molar-refractivity contribution in [1.82, 2.24) is 9.97 Å². The number of anilines is 1. The third-order valence-corrected chi connectivity index (χ3v) is 3.53. The summed E-state index contributed by atoms with van der Waals surface area (Å²) < 4.78 is 5.62. The molecule has 4 heteroatoms. The second-order valence-corrected chi connectivity index (χ2v) is 5.00.